The number of rotatable bonds is 2. The van der Waals surface area contributed by atoms with Gasteiger partial charge >= 0.3 is 5.97 Å². The molecule has 0 aliphatic rings. The highest BCUT2D eigenvalue weighted by Gasteiger charge is 1.90. The number of aliphatic carboxylic acids is 1. The van der Waals surface area contributed by atoms with Gasteiger partial charge in [-0.2, -0.15) is 5.26 Å². The van der Waals surface area contributed by atoms with E-state index >= 15 is 0 Å². The minimum Gasteiger partial charge on any atom is -0.478 e. The fourth-order valence-electron chi connectivity index (χ4n) is 0.0645. The van der Waals surface area contributed by atoms with E-state index in [0.29, 0.717) is 6.61 Å². The molecule has 4 nitrogen and oxygen atoms in total. The molecule has 0 fully saturated rings. The van der Waals surface area contributed by atoms with Crippen LogP contribution in [0.25, 0.3) is 0 Å². The number of carboxylic acid groups (broad SMARTS) is 1. The van der Waals surface area contributed by atoms with E-state index in [1.807, 2.05) is 0 Å². The van der Waals surface area contributed by atoms with Crippen LogP contribution in [0.4, 0.5) is 0 Å². The van der Waals surface area contributed by atoms with Gasteiger partial charge in [-0.25, -0.2) is 4.79 Å². The molecule has 0 spiro atoms. The highest BCUT2D eigenvalue weighted by Crippen LogP contribution is 1.81. The Morgan fingerprint density at radius 3 is 2.18 bits per heavy atom. The second-order valence-corrected chi connectivity index (χ2v) is 1.61. The molecule has 0 unspecified atom stereocenters. The molecule has 0 atom stereocenters. The molecule has 4 heteroatoms. The van der Waals surface area contributed by atoms with E-state index in [9.17, 15) is 4.79 Å². The van der Waals surface area contributed by atoms with E-state index in [0.717, 1.165) is 0 Å². The van der Waals surface area contributed by atoms with Crippen molar-refractivity contribution < 1.29 is 14.6 Å². The van der Waals surface area contributed by atoms with Gasteiger partial charge in [0.05, 0.1) is 6.61 Å². The van der Waals surface area contributed by atoms with Crippen LogP contribution < -0.4 is 0 Å². The third kappa shape index (κ3) is 17.7. The Kier molecular flexibility index (Phi) is 9.43. The molecule has 0 heterocycles. The minimum atomic E-state index is -0.935. The van der Waals surface area contributed by atoms with Crippen molar-refractivity contribution in [2.75, 3.05) is 6.61 Å². The van der Waals surface area contributed by atoms with Crippen LogP contribution in [0.3, 0.4) is 0 Å². The van der Waals surface area contributed by atoms with E-state index < -0.39 is 5.97 Å². The molecule has 62 valence electrons. The first kappa shape index (κ1) is 12.2. The maximum absolute atomic E-state index is 9.60. The van der Waals surface area contributed by atoms with Gasteiger partial charge in [0.15, 0.2) is 0 Å². The van der Waals surface area contributed by atoms with Crippen LogP contribution in [0.2, 0.25) is 0 Å². The lowest BCUT2D eigenvalue weighted by molar-refractivity contribution is -0.132. The molecule has 0 aromatic heterocycles. The Morgan fingerprint density at radius 1 is 1.82 bits per heavy atom. The first-order chi connectivity index (χ1) is 5.06. The molecule has 0 amide bonds. The average molecular weight is 157 g/mol. The molecule has 0 aliphatic heterocycles. The molecular formula is C7H11NO3. The Hall–Kier alpha value is -1.50. The molecule has 0 saturated heterocycles. The molecule has 11 heavy (non-hydrogen) atoms. The van der Waals surface area contributed by atoms with Gasteiger partial charge in [0, 0.05) is 5.57 Å². The molecule has 0 radical (unpaired) electrons. The van der Waals surface area contributed by atoms with Crippen molar-refractivity contribution in [1.29, 1.82) is 5.26 Å². The summed E-state index contributed by atoms with van der Waals surface area (Å²) in [4.78, 5) is 9.60. The second kappa shape index (κ2) is 8.50. The zero-order valence-electron chi connectivity index (χ0n) is 6.63. The van der Waals surface area contributed by atoms with Crippen molar-refractivity contribution in [1.82, 2.24) is 0 Å². The summed E-state index contributed by atoms with van der Waals surface area (Å²) in [6.07, 6.45) is 1.52. The standard InChI is InChI=1S/C4H6O2.C3H5NO/c1-3(2)4(5)6;1-2-5-3-4/h1H2,2H3,(H,5,6);2H2,1H3. The number of hydrogen-bond donors (Lipinski definition) is 1. The van der Waals surface area contributed by atoms with Crippen molar-refractivity contribution in [3.8, 4) is 6.26 Å². The van der Waals surface area contributed by atoms with Gasteiger partial charge in [-0.1, -0.05) is 6.58 Å². The summed E-state index contributed by atoms with van der Waals surface area (Å²) in [5, 5.41) is 15.5. The zero-order valence-corrected chi connectivity index (χ0v) is 6.63. The summed E-state index contributed by atoms with van der Waals surface area (Å²) in [6.45, 7) is 6.85. The van der Waals surface area contributed by atoms with Crippen molar-refractivity contribution in [3.63, 3.8) is 0 Å². The third-order valence-electron chi connectivity index (χ3n) is 0.574. The molecule has 0 aromatic carbocycles. The van der Waals surface area contributed by atoms with E-state index in [1.54, 1.807) is 6.92 Å². The van der Waals surface area contributed by atoms with Gasteiger partial charge in [0.1, 0.15) is 0 Å². The van der Waals surface area contributed by atoms with Crippen LogP contribution in [0, 0.1) is 11.5 Å². The fourth-order valence-corrected chi connectivity index (χ4v) is 0.0645. The van der Waals surface area contributed by atoms with Crippen LogP contribution in [0.15, 0.2) is 12.2 Å². The van der Waals surface area contributed by atoms with Crippen LogP contribution in [-0.4, -0.2) is 17.7 Å². The molecular weight excluding hydrogens is 146 g/mol. The lowest BCUT2D eigenvalue weighted by Crippen LogP contribution is -1.92. The highest BCUT2D eigenvalue weighted by atomic mass is 16.5. The van der Waals surface area contributed by atoms with Gasteiger partial charge in [-0.15, -0.1) is 0 Å². The number of nitrogens with zero attached hydrogens (tertiary/aromatic N) is 1. The molecule has 0 aliphatic carbocycles. The summed E-state index contributed by atoms with van der Waals surface area (Å²) in [7, 11) is 0. The molecule has 0 saturated carbocycles. The van der Waals surface area contributed by atoms with E-state index in [1.165, 1.54) is 13.2 Å². The molecule has 0 rings (SSSR count). The molecule has 0 bridgehead atoms. The molecule has 1 N–H and O–H groups in total. The summed E-state index contributed by atoms with van der Waals surface area (Å²) in [5.41, 5.74) is 0.176. The topological polar surface area (TPSA) is 70.3 Å². The van der Waals surface area contributed by atoms with Gasteiger partial charge in [0.25, 0.3) is 6.26 Å². The predicted molar refractivity (Wildman–Crippen MR) is 39.7 cm³/mol. The average Bonchev–Trinajstić information content (AvgIpc) is 1.90. The van der Waals surface area contributed by atoms with Crippen LogP contribution in [0.1, 0.15) is 13.8 Å². The zero-order chi connectivity index (χ0) is 9.28. The Morgan fingerprint density at radius 2 is 2.18 bits per heavy atom. The lowest BCUT2D eigenvalue weighted by atomic mass is 10.4. The van der Waals surface area contributed by atoms with Gasteiger partial charge in [-0.05, 0) is 13.8 Å². The number of hydrogen-bond acceptors (Lipinski definition) is 3. The van der Waals surface area contributed by atoms with Gasteiger partial charge in [-0.3, -0.25) is 0 Å². The smallest absolute Gasteiger partial charge is 0.330 e. The Balaban J connectivity index is 0. The number of ether oxygens (including phenoxy) is 1. The first-order valence-electron chi connectivity index (χ1n) is 2.95. The van der Waals surface area contributed by atoms with Gasteiger partial charge in [0.2, 0.25) is 0 Å². The van der Waals surface area contributed by atoms with Crippen LogP contribution in [-0.2, 0) is 9.53 Å². The lowest BCUT2D eigenvalue weighted by Gasteiger charge is -1.79. The summed E-state index contributed by atoms with van der Waals surface area (Å²) >= 11 is 0. The summed E-state index contributed by atoms with van der Waals surface area (Å²) in [6, 6.07) is 0. The number of carboxylic acids is 1. The predicted octanol–water partition coefficient (Wildman–Crippen LogP) is 1.15. The van der Waals surface area contributed by atoms with Crippen molar-refractivity contribution in [3.05, 3.63) is 12.2 Å². The Labute approximate surface area is 65.7 Å². The van der Waals surface area contributed by atoms with Crippen molar-refractivity contribution in [2.24, 2.45) is 0 Å². The SMILES string of the molecule is C=C(C)C(=O)O.CCOC#N. The van der Waals surface area contributed by atoms with Crippen LogP contribution in [0.5, 0.6) is 0 Å². The van der Waals surface area contributed by atoms with E-state index in [-0.39, 0.29) is 5.57 Å². The second-order valence-electron chi connectivity index (χ2n) is 1.61. The fraction of sp³-hybridized carbons (Fsp3) is 0.429. The largest absolute Gasteiger partial charge is 0.478 e. The van der Waals surface area contributed by atoms with Crippen molar-refractivity contribution in [2.45, 2.75) is 13.8 Å². The quantitative estimate of drug-likeness (QED) is 0.482. The van der Waals surface area contributed by atoms with E-state index in [2.05, 4.69) is 11.3 Å². The molecule has 0 aromatic rings. The maximum atomic E-state index is 9.60. The Bertz CT molecular complexity index is 157. The van der Waals surface area contributed by atoms with Crippen molar-refractivity contribution >= 4 is 5.97 Å². The summed E-state index contributed by atoms with van der Waals surface area (Å²) < 4.78 is 4.14. The number of carbonyl (C=O) groups is 1. The first-order valence-corrected chi connectivity index (χ1v) is 2.95. The maximum Gasteiger partial charge on any atom is 0.330 e. The third-order valence-corrected chi connectivity index (χ3v) is 0.574. The highest BCUT2D eigenvalue weighted by molar-refractivity contribution is 5.84. The number of nitriles is 1. The normalized spacial score (nSPS) is 6.64. The van der Waals surface area contributed by atoms with E-state index in [4.69, 9.17) is 10.4 Å². The van der Waals surface area contributed by atoms with Crippen LogP contribution >= 0.6 is 0 Å². The summed E-state index contributed by atoms with van der Waals surface area (Å²) in [5.74, 6) is -0.935. The monoisotopic (exact) mass is 157 g/mol. The van der Waals surface area contributed by atoms with Gasteiger partial charge < -0.3 is 9.84 Å². The minimum absolute atomic E-state index is 0.176.